The van der Waals surface area contributed by atoms with E-state index in [0.29, 0.717) is 11.1 Å². The molecule has 1 amide bonds. The van der Waals surface area contributed by atoms with Crippen molar-refractivity contribution in [3.8, 4) is 0 Å². The largest absolute Gasteiger partial charge is 0.336 e. The lowest BCUT2D eigenvalue weighted by Gasteiger charge is -2.35. The maximum atomic E-state index is 12.6. The lowest BCUT2D eigenvalue weighted by Crippen LogP contribution is -2.43. The van der Waals surface area contributed by atoms with Crippen molar-refractivity contribution in [1.82, 2.24) is 4.90 Å². The summed E-state index contributed by atoms with van der Waals surface area (Å²) in [7, 11) is -3.81. The third-order valence-corrected chi connectivity index (χ3v) is 5.15. The summed E-state index contributed by atoms with van der Waals surface area (Å²) in [5.74, 6) is -0.105. The van der Waals surface area contributed by atoms with Crippen molar-refractivity contribution in [2.45, 2.75) is 50.5 Å². The molecule has 0 aliphatic carbocycles. The monoisotopic (exact) mass is 310 g/mol. The molecule has 1 saturated heterocycles. The van der Waals surface area contributed by atoms with Crippen molar-refractivity contribution in [2.75, 3.05) is 6.54 Å². The van der Waals surface area contributed by atoms with Crippen molar-refractivity contribution in [2.24, 2.45) is 5.14 Å². The highest BCUT2D eigenvalue weighted by Gasteiger charge is 2.27. The predicted molar refractivity (Wildman–Crippen MR) is 81.5 cm³/mol. The van der Waals surface area contributed by atoms with Gasteiger partial charge in [-0.05, 0) is 50.3 Å². The van der Waals surface area contributed by atoms with Crippen LogP contribution in [0.4, 0.5) is 0 Å². The van der Waals surface area contributed by atoms with E-state index < -0.39 is 10.0 Å². The first-order chi connectivity index (χ1) is 9.84. The van der Waals surface area contributed by atoms with Crippen LogP contribution >= 0.6 is 0 Å². The Morgan fingerprint density at radius 3 is 2.71 bits per heavy atom. The maximum absolute atomic E-state index is 12.6. The Hall–Kier alpha value is -1.40. The second kappa shape index (κ2) is 6.15. The van der Waals surface area contributed by atoms with Crippen molar-refractivity contribution >= 4 is 15.9 Å². The van der Waals surface area contributed by atoms with E-state index in [4.69, 9.17) is 5.14 Å². The number of aryl methyl sites for hydroxylation is 1. The third kappa shape index (κ3) is 3.44. The van der Waals surface area contributed by atoms with Gasteiger partial charge < -0.3 is 4.90 Å². The SMILES string of the molecule is CCC1CCCCN1C(=O)c1ccc(C)c(S(N)(=O)=O)c1. The Kier molecular flexibility index (Phi) is 4.68. The topological polar surface area (TPSA) is 80.5 Å². The van der Waals surface area contributed by atoms with Gasteiger partial charge in [0.15, 0.2) is 0 Å². The number of sulfonamides is 1. The highest BCUT2D eigenvalue weighted by molar-refractivity contribution is 7.89. The minimum absolute atomic E-state index is 0.0263. The average Bonchev–Trinajstić information content (AvgIpc) is 2.45. The number of piperidine rings is 1. The first-order valence-electron chi connectivity index (χ1n) is 7.29. The number of nitrogens with two attached hydrogens (primary N) is 1. The number of likely N-dealkylation sites (tertiary alicyclic amines) is 1. The minimum Gasteiger partial charge on any atom is -0.336 e. The molecule has 1 aromatic carbocycles. The number of hydrogen-bond donors (Lipinski definition) is 1. The molecule has 1 aliphatic rings. The zero-order valence-corrected chi connectivity index (χ0v) is 13.3. The fourth-order valence-electron chi connectivity index (χ4n) is 2.90. The van der Waals surface area contributed by atoms with Gasteiger partial charge in [0.2, 0.25) is 10.0 Å². The van der Waals surface area contributed by atoms with Crippen LogP contribution in [0.1, 0.15) is 48.5 Å². The second-order valence-electron chi connectivity index (χ2n) is 5.58. The highest BCUT2D eigenvalue weighted by Crippen LogP contribution is 2.23. The van der Waals surface area contributed by atoms with Crippen LogP contribution in [0.15, 0.2) is 23.1 Å². The predicted octanol–water partition coefficient (Wildman–Crippen LogP) is 2.05. The molecule has 21 heavy (non-hydrogen) atoms. The number of rotatable bonds is 3. The van der Waals surface area contributed by atoms with Gasteiger partial charge in [-0.25, -0.2) is 13.6 Å². The number of carbonyl (C=O) groups excluding carboxylic acids is 1. The van der Waals surface area contributed by atoms with E-state index in [-0.39, 0.29) is 16.8 Å². The van der Waals surface area contributed by atoms with E-state index in [1.165, 1.54) is 6.07 Å². The molecule has 0 radical (unpaired) electrons. The van der Waals surface area contributed by atoms with E-state index in [2.05, 4.69) is 6.92 Å². The summed E-state index contributed by atoms with van der Waals surface area (Å²) in [5, 5.41) is 5.21. The molecule has 5 nitrogen and oxygen atoms in total. The molecule has 6 heteroatoms. The molecule has 2 N–H and O–H groups in total. The van der Waals surface area contributed by atoms with Crippen LogP contribution in [0, 0.1) is 6.92 Å². The zero-order chi connectivity index (χ0) is 15.6. The van der Waals surface area contributed by atoms with Crippen LogP contribution in [-0.4, -0.2) is 31.8 Å². The normalized spacial score (nSPS) is 19.6. The van der Waals surface area contributed by atoms with E-state index in [9.17, 15) is 13.2 Å². The molecule has 0 bridgehead atoms. The van der Waals surface area contributed by atoms with Crippen LogP contribution in [0.2, 0.25) is 0 Å². The van der Waals surface area contributed by atoms with Crippen LogP contribution in [0.5, 0.6) is 0 Å². The fraction of sp³-hybridized carbons (Fsp3) is 0.533. The van der Waals surface area contributed by atoms with Crippen molar-refractivity contribution < 1.29 is 13.2 Å². The van der Waals surface area contributed by atoms with Crippen LogP contribution < -0.4 is 5.14 Å². The first-order valence-corrected chi connectivity index (χ1v) is 8.83. The summed E-state index contributed by atoms with van der Waals surface area (Å²) in [6, 6.07) is 4.95. The van der Waals surface area contributed by atoms with Crippen molar-refractivity contribution in [1.29, 1.82) is 0 Å². The number of amides is 1. The van der Waals surface area contributed by atoms with Gasteiger partial charge in [-0.2, -0.15) is 0 Å². The molecule has 1 fully saturated rings. The lowest BCUT2D eigenvalue weighted by atomic mass is 9.98. The molecule has 1 aromatic rings. The summed E-state index contributed by atoms with van der Waals surface area (Å²) < 4.78 is 23.2. The van der Waals surface area contributed by atoms with Gasteiger partial charge in [0.05, 0.1) is 4.90 Å². The number of primary sulfonamides is 1. The summed E-state index contributed by atoms with van der Waals surface area (Å²) in [6.07, 6.45) is 4.06. The minimum atomic E-state index is -3.81. The van der Waals surface area contributed by atoms with E-state index in [0.717, 1.165) is 32.2 Å². The average molecular weight is 310 g/mol. The molecule has 0 spiro atoms. The smallest absolute Gasteiger partial charge is 0.254 e. The summed E-state index contributed by atoms with van der Waals surface area (Å²) in [6.45, 7) is 4.47. The Morgan fingerprint density at radius 1 is 1.38 bits per heavy atom. The summed E-state index contributed by atoms with van der Waals surface area (Å²) in [4.78, 5) is 14.5. The Labute approximate surface area is 126 Å². The quantitative estimate of drug-likeness (QED) is 0.927. The Balaban J connectivity index is 2.35. The Morgan fingerprint density at radius 2 is 2.10 bits per heavy atom. The second-order valence-corrected chi connectivity index (χ2v) is 7.11. The van der Waals surface area contributed by atoms with Crippen molar-refractivity contribution in [3.05, 3.63) is 29.3 Å². The first kappa shape index (κ1) is 16.0. The van der Waals surface area contributed by atoms with Gasteiger partial charge in [0.1, 0.15) is 0 Å². The molecule has 2 rings (SSSR count). The summed E-state index contributed by atoms with van der Waals surface area (Å²) >= 11 is 0. The van der Waals surface area contributed by atoms with Gasteiger partial charge in [-0.3, -0.25) is 4.79 Å². The molecule has 1 unspecified atom stereocenters. The standard InChI is InChI=1S/C15H22N2O3S/c1-3-13-6-4-5-9-17(13)15(18)12-8-7-11(2)14(10-12)21(16,19)20/h7-8,10,13H,3-6,9H2,1-2H3,(H2,16,19,20). The molecular formula is C15H22N2O3S. The molecule has 0 aromatic heterocycles. The fourth-order valence-corrected chi connectivity index (χ4v) is 3.71. The molecule has 116 valence electrons. The van der Waals surface area contributed by atoms with Crippen LogP contribution in [-0.2, 0) is 10.0 Å². The number of benzene rings is 1. The van der Waals surface area contributed by atoms with Crippen molar-refractivity contribution in [3.63, 3.8) is 0 Å². The van der Waals surface area contributed by atoms with Gasteiger partial charge in [-0.1, -0.05) is 13.0 Å². The number of nitrogens with zero attached hydrogens (tertiary/aromatic N) is 1. The maximum Gasteiger partial charge on any atom is 0.254 e. The van der Waals surface area contributed by atoms with Gasteiger partial charge >= 0.3 is 0 Å². The zero-order valence-electron chi connectivity index (χ0n) is 12.5. The highest BCUT2D eigenvalue weighted by atomic mass is 32.2. The van der Waals surface area contributed by atoms with Crippen LogP contribution in [0.25, 0.3) is 0 Å². The molecule has 0 saturated carbocycles. The van der Waals surface area contributed by atoms with E-state index in [1.54, 1.807) is 19.1 Å². The number of hydrogen-bond acceptors (Lipinski definition) is 3. The molecular weight excluding hydrogens is 288 g/mol. The van der Waals surface area contributed by atoms with E-state index >= 15 is 0 Å². The third-order valence-electron chi connectivity index (χ3n) is 4.10. The number of carbonyl (C=O) groups is 1. The summed E-state index contributed by atoms with van der Waals surface area (Å²) in [5.41, 5.74) is 0.949. The molecule has 1 heterocycles. The van der Waals surface area contributed by atoms with Gasteiger partial charge in [-0.15, -0.1) is 0 Å². The van der Waals surface area contributed by atoms with Gasteiger partial charge in [0, 0.05) is 18.2 Å². The molecule has 1 aliphatic heterocycles. The van der Waals surface area contributed by atoms with Gasteiger partial charge in [0.25, 0.3) is 5.91 Å². The van der Waals surface area contributed by atoms with E-state index in [1.807, 2.05) is 4.90 Å². The lowest BCUT2D eigenvalue weighted by molar-refractivity contribution is 0.0608. The molecule has 1 atom stereocenters. The Bertz CT molecular complexity index is 640. The van der Waals surface area contributed by atoms with Crippen LogP contribution in [0.3, 0.4) is 0 Å².